The molecule has 0 aliphatic rings. The Hall–Kier alpha value is -18.0. The second-order valence-corrected chi connectivity index (χ2v) is 35.6. The highest BCUT2D eigenvalue weighted by Gasteiger charge is 2.24. The number of anilines is 3. The van der Waals surface area contributed by atoms with E-state index < -0.39 is 0 Å². The molecule has 628 valence electrons. The molecule has 0 aliphatic carbocycles. The summed E-state index contributed by atoms with van der Waals surface area (Å²) in [7, 11) is 0. The first-order valence-corrected chi connectivity index (χ1v) is 46.1. The van der Waals surface area contributed by atoms with Crippen molar-refractivity contribution in [3.05, 3.63) is 467 Å². The molecule has 0 amide bonds. The molecule has 7 nitrogen and oxygen atoms in total. The summed E-state index contributed by atoms with van der Waals surface area (Å²) in [4.78, 5) is 2.30. The van der Waals surface area contributed by atoms with Crippen molar-refractivity contribution >= 4 is 235 Å². The third-order valence-corrected chi connectivity index (χ3v) is 28.1. The van der Waals surface area contributed by atoms with E-state index in [4.69, 9.17) is 17.7 Å². The fraction of sp³-hybridized carbons (Fsp3) is 0. The zero-order valence-corrected chi connectivity index (χ0v) is 72.9. The number of benzene rings is 24. The Morgan fingerprint density at radius 2 is 0.481 bits per heavy atom. The molecule has 30 aromatic rings. The molecule has 135 heavy (non-hydrogen) atoms. The Kier molecular flexibility index (Phi) is 17.0. The van der Waals surface area contributed by atoms with Crippen LogP contribution < -0.4 is 4.90 Å². The maximum Gasteiger partial charge on any atom is 0.136 e. The summed E-state index contributed by atoms with van der Waals surface area (Å²) in [6.07, 6.45) is 0. The number of hydrogen-bond acceptors (Lipinski definition) is 5. The van der Waals surface area contributed by atoms with E-state index in [9.17, 15) is 0 Å². The molecule has 0 aliphatic heterocycles. The second kappa shape index (κ2) is 30.3. The highest BCUT2D eigenvalue weighted by molar-refractivity contribution is 6.30. The maximum atomic E-state index is 6.41. The Morgan fingerprint density at radius 3 is 0.978 bits per heavy atom. The Balaban J connectivity index is 0.000000102. The van der Waals surface area contributed by atoms with Crippen LogP contribution in [0.1, 0.15) is 0 Å². The third-order valence-electron chi connectivity index (χ3n) is 28.1. The van der Waals surface area contributed by atoms with E-state index in [1.54, 1.807) is 0 Å². The number of rotatable bonds is 8. The normalized spacial score (nSPS) is 12.0. The number of aromatic nitrogens is 2. The van der Waals surface area contributed by atoms with E-state index in [-0.39, 0.29) is 0 Å². The molecular weight excluding hydrogens is 1640 g/mol. The van der Waals surface area contributed by atoms with Crippen molar-refractivity contribution in [2.45, 2.75) is 0 Å². The van der Waals surface area contributed by atoms with Gasteiger partial charge in [-0.15, -0.1) is 0 Å². The van der Waals surface area contributed by atoms with Crippen molar-refractivity contribution in [2.24, 2.45) is 0 Å². The summed E-state index contributed by atoms with van der Waals surface area (Å²) in [6.45, 7) is 0. The van der Waals surface area contributed by atoms with Gasteiger partial charge in [-0.25, -0.2) is 0 Å². The SMILES string of the molecule is c1ccc(-n2c3ccccc3c3cc(-c4cc5cc6oc7ccccc7c6cc5c5ccc(-n6c7ccccc7c7ccccc76)cc45)ccc32)cc1.c1ccc(N(c2ccccc2)c2ccc(-c3cc4cc5oc6ccccc6c5cc4c4c3ccc3ccccc34)cc2)cc1.c1ccc2c(c1)ccc1c(-c3ccc4oc5ccccc5c4c3)cc3cc4oc5ccccc5c4cc3c12. The van der Waals surface area contributed by atoms with Gasteiger partial charge in [-0.3, -0.25) is 0 Å². The zero-order valence-electron chi connectivity index (χ0n) is 72.9. The van der Waals surface area contributed by atoms with E-state index in [2.05, 4.69) is 445 Å². The molecule has 6 aromatic heterocycles. The van der Waals surface area contributed by atoms with Gasteiger partial charge in [0.1, 0.15) is 44.7 Å². The lowest BCUT2D eigenvalue weighted by atomic mass is 9.89. The fourth-order valence-corrected chi connectivity index (χ4v) is 22.0. The average Bonchev–Trinajstić information content (AvgIpc) is 1.71. The number of fused-ring (bicyclic) bond motifs is 31. The van der Waals surface area contributed by atoms with Crippen molar-refractivity contribution in [1.29, 1.82) is 0 Å². The molecule has 0 saturated heterocycles. The summed E-state index contributed by atoms with van der Waals surface area (Å²) >= 11 is 0. The minimum absolute atomic E-state index is 0.910. The lowest BCUT2D eigenvalue weighted by molar-refractivity contribution is 0.668. The zero-order chi connectivity index (χ0) is 88.5. The van der Waals surface area contributed by atoms with Gasteiger partial charge >= 0.3 is 0 Å². The molecule has 0 bridgehead atoms. The molecule has 0 N–H and O–H groups in total. The van der Waals surface area contributed by atoms with Crippen LogP contribution in [-0.4, -0.2) is 9.13 Å². The van der Waals surface area contributed by atoms with Crippen molar-refractivity contribution in [2.75, 3.05) is 4.90 Å². The molecule has 0 radical (unpaired) electrons. The average molecular weight is 1720 g/mol. The monoisotopic (exact) mass is 1720 g/mol. The first-order chi connectivity index (χ1) is 66.9. The van der Waals surface area contributed by atoms with E-state index in [0.717, 1.165) is 122 Å². The number of nitrogens with zero attached hydrogens (tertiary/aromatic N) is 3. The van der Waals surface area contributed by atoms with Gasteiger partial charge in [-0.2, -0.15) is 0 Å². The van der Waals surface area contributed by atoms with Gasteiger partial charge in [0, 0.05) is 93.1 Å². The van der Waals surface area contributed by atoms with Crippen LogP contribution in [0.25, 0.3) is 262 Å². The van der Waals surface area contributed by atoms with Crippen molar-refractivity contribution in [3.63, 3.8) is 0 Å². The highest BCUT2D eigenvalue weighted by atomic mass is 16.3. The molecule has 0 saturated carbocycles. The number of furan rings is 4. The summed E-state index contributed by atoms with van der Waals surface area (Å²) in [5.74, 6) is 0. The quantitative estimate of drug-likeness (QED) is 0.142. The smallest absolute Gasteiger partial charge is 0.136 e. The summed E-state index contributed by atoms with van der Waals surface area (Å²) < 4.78 is 29.9. The maximum absolute atomic E-state index is 6.41. The van der Waals surface area contributed by atoms with Gasteiger partial charge in [-0.05, 0) is 302 Å². The van der Waals surface area contributed by atoms with Gasteiger partial charge in [0.15, 0.2) is 0 Å². The standard InChI is InChI=1S/C50H30N2O.C42H27NO.C36H20O2/c1-2-12-33(13-3-1)51-47-20-10-6-16-38(47)43-26-31(22-25-48(43)51)40-27-32-28-50-44(39-17-7-11-21-49(39)53-50)30-41(32)35-24-23-34(29-42(35)40)52-45-18-8-4-14-36(45)37-15-5-9-19-46(37)52;1-3-12-31(13-4-1)43(32-14-5-2-6-15-32)33-22-19-29(20-23-33)37-25-30-26-41-39(35-17-9-10-18-40(35)44-41)27-38(30)42-34-16-8-7-11-28(34)21-24-36(37)42;1-2-8-24-21(7-1)13-15-27-28(22-14-16-34-30(17-22)25-9-3-5-11-32(25)37-34)18-23-19-35-31(20-29(23)36(24)27)26-10-4-6-12-33(26)38-35/h1-30H;1-27H;1-20H. The predicted molar refractivity (Wildman–Crippen MR) is 568 cm³/mol. The first kappa shape index (κ1) is 75.9. The van der Waals surface area contributed by atoms with Gasteiger partial charge < -0.3 is 31.7 Å². The van der Waals surface area contributed by atoms with Crippen LogP contribution in [-0.2, 0) is 0 Å². The van der Waals surface area contributed by atoms with Crippen LogP contribution >= 0.6 is 0 Å². The molecule has 30 rings (SSSR count). The van der Waals surface area contributed by atoms with Crippen LogP contribution in [0.2, 0.25) is 0 Å². The summed E-state index contributed by atoms with van der Waals surface area (Å²) in [6, 6.07) is 168. The molecule has 6 heterocycles. The van der Waals surface area contributed by atoms with Crippen LogP contribution in [0, 0.1) is 0 Å². The predicted octanol–water partition coefficient (Wildman–Crippen LogP) is 36.5. The Labute approximate surface area is 772 Å². The molecule has 24 aromatic carbocycles. The fourth-order valence-electron chi connectivity index (χ4n) is 22.0. The van der Waals surface area contributed by atoms with Crippen molar-refractivity contribution in [1.82, 2.24) is 9.13 Å². The topological polar surface area (TPSA) is 65.7 Å². The van der Waals surface area contributed by atoms with E-state index in [0.29, 0.717) is 0 Å². The van der Waals surface area contributed by atoms with Gasteiger partial charge in [-0.1, -0.05) is 285 Å². The van der Waals surface area contributed by atoms with E-state index >= 15 is 0 Å². The minimum atomic E-state index is 0.910. The van der Waals surface area contributed by atoms with Gasteiger partial charge in [0.25, 0.3) is 0 Å². The molecule has 0 unspecified atom stereocenters. The first-order valence-electron chi connectivity index (χ1n) is 46.1. The Bertz CT molecular complexity index is 10100. The molecule has 0 fully saturated rings. The summed E-state index contributed by atoms with van der Waals surface area (Å²) in [5, 5.41) is 33.9. The lowest BCUT2D eigenvalue weighted by Crippen LogP contribution is -2.09. The van der Waals surface area contributed by atoms with Crippen LogP contribution in [0.5, 0.6) is 0 Å². The molecular formula is C128H77N3O4. The Morgan fingerprint density at radius 1 is 0.148 bits per heavy atom. The van der Waals surface area contributed by atoms with E-state index in [1.807, 2.05) is 36.4 Å². The molecule has 7 heteroatoms. The molecule has 0 spiro atoms. The van der Waals surface area contributed by atoms with Crippen LogP contribution in [0.15, 0.2) is 485 Å². The highest BCUT2D eigenvalue weighted by Crippen LogP contribution is 2.50. The lowest BCUT2D eigenvalue weighted by Gasteiger charge is -2.25. The van der Waals surface area contributed by atoms with Crippen molar-refractivity contribution < 1.29 is 17.7 Å². The second-order valence-electron chi connectivity index (χ2n) is 35.6. The van der Waals surface area contributed by atoms with Gasteiger partial charge in [0.05, 0.1) is 22.1 Å². The van der Waals surface area contributed by atoms with E-state index in [1.165, 1.54) is 158 Å². The van der Waals surface area contributed by atoms with Gasteiger partial charge in [0.2, 0.25) is 0 Å². The summed E-state index contributed by atoms with van der Waals surface area (Å²) in [5.41, 5.74) is 25.0. The minimum Gasteiger partial charge on any atom is -0.456 e. The van der Waals surface area contributed by atoms with Crippen molar-refractivity contribution in [3.8, 4) is 44.8 Å². The number of hydrogen-bond donors (Lipinski definition) is 0. The van der Waals surface area contributed by atoms with Crippen LogP contribution in [0.4, 0.5) is 17.1 Å². The third kappa shape index (κ3) is 12.2. The van der Waals surface area contributed by atoms with Crippen LogP contribution in [0.3, 0.4) is 0 Å². The molecule has 0 atom stereocenters. The largest absolute Gasteiger partial charge is 0.456 e. The number of para-hydroxylation sites is 10.